The monoisotopic (exact) mass is 286 g/mol. The first-order chi connectivity index (χ1) is 7.13. The third-order valence-corrected chi connectivity index (χ3v) is 2.92. The van der Waals surface area contributed by atoms with E-state index in [4.69, 9.17) is 17.1 Å². The first kappa shape index (κ1) is 12.1. The molecule has 0 fully saturated rings. The fourth-order valence-electron chi connectivity index (χ4n) is 1.08. The highest BCUT2D eigenvalue weighted by atomic mass is 79.9. The van der Waals surface area contributed by atoms with Crippen LogP contribution < -0.4 is 0 Å². The maximum atomic E-state index is 11.1. The zero-order valence-electron chi connectivity index (χ0n) is 7.73. The van der Waals surface area contributed by atoms with Gasteiger partial charge >= 0.3 is 6.21 Å². The molecule has 0 heterocycles. The van der Waals surface area contributed by atoms with Crippen LogP contribution in [0.2, 0.25) is 5.02 Å². The van der Waals surface area contributed by atoms with Crippen molar-refractivity contribution in [3.63, 3.8) is 0 Å². The fraction of sp³-hybridized carbons (Fsp3) is 0.200. The Hall–Kier alpha value is -0.960. The maximum absolute atomic E-state index is 11.1. The number of halogens is 2. The summed E-state index contributed by atoms with van der Waals surface area (Å²) in [4.78, 5) is 13.7. The zero-order chi connectivity index (χ0) is 11.3. The van der Waals surface area contributed by atoms with E-state index in [-0.39, 0.29) is 17.0 Å². The van der Waals surface area contributed by atoms with Crippen LogP contribution in [0.5, 0.6) is 0 Å². The second kappa shape index (κ2) is 5.81. The first-order valence-corrected chi connectivity index (χ1v) is 5.52. The summed E-state index contributed by atoms with van der Waals surface area (Å²) in [6, 6.07) is 7.20. The lowest BCUT2D eigenvalue weighted by Gasteiger charge is -2.06. The van der Waals surface area contributed by atoms with E-state index in [0.717, 1.165) is 11.8 Å². The number of nitrogens with zero attached hydrogens (tertiary/aromatic N) is 2. The van der Waals surface area contributed by atoms with Crippen LogP contribution >= 0.6 is 27.5 Å². The van der Waals surface area contributed by atoms with Gasteiger partial charge in [-0.05, 0) is 17.7 Å². The summed E-state index contributed by atoms with van der Waals surface area (Å²) in [5.74, 6) is -0.241. The summed E-state index contributed by atoms with van der Waals surface area (Å²) in [7, 11) is 0. The molecule has 3 nitrogen and oxygen atoms in total. The number of alkyl halides is 1. The van der Waals surface area contributed by atoms with Gasteiger partial charge in [-0.1, -0.05) is 39.7 Å². The molecule has 0 aliphatic heterocycles. The van der Waals surface area contributed by atoms with E-state index in [1.54, 1.807) is 12.1 Å². The lowest BCUT2D eigenvalue weighted by atomic mass is 10.1. The van der Waals surface area contributed by atoms with Gasteiger partial charge in [0, 0.05) is 16.3 Å². The largest absolute Gasteiger partial charge is 0.361 e. The maximum Gasteiger partial charge on any atom is 0.323 e. The van der Waals surface area contributed by atoms with Gasteiger partial charge in [0.25, 0.3) is 0 Å². The Morgan fingerprint density at radius 1 is 1.53 bits per heavy atom. The Morgan fingerprint density at radius 3 is 2.67 bits per heavy atom. The van der Waals surface area contributed by atoms with Crippen LogP contribution in [0, 0.1) is 0 Å². The van der Waals surface area contributed by atoms with Crippen LogP contribution in [0.1, 0.15) is 16.8 Å². The third-order valence-electron chi connectivity index (χ3n) is 1.81. The molecule has 0 N–H and O–H groups in total. The molecule has 0 spiro atoms. The molecule has 0 aliphatic rings. The Kier molecular flexibility index (Phi) is 4.69. The molecule has 0 radical (unpaired) electrons. The van der Waals surface area contributed by atoms with Gasteiger partial charge in [-0.2, -0.15) is 4.79 Å². The summed E-state index contributed by atoms with van der Waals surface area (Å²) in [6.07, 6.45) is 1.13. The number of hydrogen-bond donors (Lipinski definition) is 0. The number of carbonyl (C=O) groups excluding carboxylic acids is 1. The summed E-state index contributed by atoms with van der Waals surface area (Å²) < 4.78 is 0. The molecule has 1 aromatic rings. The van der Waals surface area contributed by atoms with Crippen molar-refractivity contribution in [1.29, 1.82) is 0 Å². The highest BCUT2D eigenvalue weighted by Gasteiger charge is 2.13. The van der Waals surface area contributed by atoms with E-state index >= 15 is 0 Å². The standard InChI is InChI=1S/C10H8BrClN2O/c11-10(5-9(15)6-14-13)7-1-3-8(12)4-2-7/h1-4,6,10H,5H2. The van der Waals surface area contributed by atoms with Crippen molar-refractivity contribution in [3.8, 4) is 0 Å². The number of hydrogen-bond acceptors (Lipinski definition) is 1. The molecule has 0 amide bonds. The van der Waals surface area contributed by atoms with Gasteiger partial charge in [0.05, 0.1) is 0 Å². The van der Waals surface area contributed by atoms with Crippen LogP contribution in [-0.2, 0) is 4.79 Å². The number of benzene rings is 1. The van der Waals surface area contributed by atoms with Gasteiger partial charge in [0.1, 0.15) is 0 Å². The van der Waals surface area contributed by atoms with E-state index < -0.39 is 0 Å². The Balaban J connectivity index is 2.68. The van der Waals surface area contributed by atoms with Crippen molar-refractivity contribution in [2.75, 3.05) is 0 Å². The van der Waals surface area contributed by atoms with Crippen LogP contribution in [0.4, 0.5) is 0 Å². The summed E-state index contributed by atoms with van der Waals surface area (Å²) >= 11 is 9.11. The molecule has 1 atom stereocenters. The van der Waals surface area contributed by atoms with Crippen molar-refractivity contribution in [2.24, 2.45) is 0 Å². The third kappa shape index (κ3) is 3.96. The van der Waals surface area contributed by atoms with E-state index in [1.165, 1.54) is 0 Å². The fourth-order valence-corrected chi connectivity index (χ4v) is 1.83. The van der Waals surface area contributed by atoms with E-state index in [2.05, 4.69) is 20.7 Å². The molecule has 5 heteroatoms. The van der Waals surface area contributed by atoms with Crippen LogP contribution in [0.3, 0.4) is 0 Å². The van der Waals surface area contributed by atoms with E-state index in [1.807, 2.05) is 12.1 Å². The minimum atomic E-state index is -0.241. The van der Waals surface area contributed by atoms with E-state index in [0.29, 0.717) is 5.02 Å². The predicted molar refractivity (Wildman–Crippen MR) is 62.4 cm³/mol. The predicted octanol–water partition coefficient (Wildman–Crippen LogP) is 3.04. The Labute approximate surface area is 101 Å². The molecular formula is C10H8BrClN2O. The molecule has 78 valence electrons. The van der Waals surface area contributed by atoms with Crippen molar-refractivity contribution in [1.82, 2.24) is 0 Å². The lowest BCUT2D eigenvalue weighted by Crippen LogP contribution is -2.03. The molecule has 0 saturated carbocycles. The molecule has 0 aliphatic carbocycles. The smallest absolute Gasteiger partial charge is 0.323 e. The second-order valence-electron chi connectivity index (χ2n) is 2.93. The number of carbonyl (C=O) groups is 1. The van der Waals surface area contributed by atoms with E-state index in [9.17, 15) is 4.79 Å². The molecule has 0 aromatic heterocycles. The van der Waals surface area contributed by atoms with Gasteiger partial charge in [0.15, 0.2) is 0 Å². The molecule has 0 saturated heterocycles. The minimum Gasteiger partial charge on any atom is -0.361 e. The number of Topliss-reactive ketones (excluding diaryl/α,β-unsaturated/α-hetero) is 1. The lowest BCUT2D eigenvalue weighted by molar-refractivity contribution is -0.116. The second-order valence-corrected chi connectivity index (χ2v) is 4.48. The SMILES string of the molecule is [N-]=[N+]=CC(=O)CC(Br)c1ccc(Cl)cc1. The number of ketones is 1. The van der Waals surface area contributed by atoms with Crippen LogP contribution in [0.25, 0.3) is 5.53 Å². The van der Waals surface area contributed by atoms with Crippen molar-refractivity contribution < 1.29 is 9.58 Å². The molecule has 15 heavy (non-hydrogen) atoms. The van der Waals surface area contributed by atoms with Crippen molar-refractivity contribution in [3.05, 3.63) is 40.4 Å². The summed E-state index contributed by atoms with van der Waals surface area (Å²) in [6.45, 7) is 0. The van der Waals surface area contributed by atoms with Crippen LogP contribution in [-0.4, -0.2) is 16.8 Å². The average Bonchev–Trinajstić information content (AvgIpc) is 2.18. The highest BCUT2D eigenvalue weighted by Crippen LogP contribution is 2.27. The molecule has 1 unspecified atom stereocenters. The summed E-state index contributed by atoms with van der Waals surface area (Å²) in [5, 5.41) is 0.654. The normalized spacial score (nSPS) is 11.6. The van der Waals surface area contributed by atoms with Gasteiger partial charge in [-0.3, -0.25) is 4.79 Å². The van der Waals surface area contributed by atoms with Crippen molar-refractivity contribution in [2.45, 2.75) is 11.2 Å². The van der Waals surface area contributed by atoms with Gasteiger partial charge in [-0.15, -0.1) is 0 Å². The molecular weight excluding hydrogens is 279 g/mol. The van der Waals surface area contributed by atoms with Gasteiger partial charge in [-0.25, -0.2) is 0 Å². The van der Waals surface area contributed by atoms with Gasteiger partial charge < -0.3 is 5.53 Å². The van der Waals surface area contributed by atoms with Crippen LogP contribution in [0.15, 0.2) is 24.3 Å². The topological polar surface area (TPSA) is 53.5 Å². The molecule has 1 aromatic carbocycles. The van der Waals surface area contributed by atoms with Gasteiger partial charge in [0.2, 0.25) is 5.78 Å². The minimum absolute atomic E-state index is 0.0970. The average molecular weight is 288 g/mol. The molecule has 1 rings (SSSR count). The molecule has 0 bridgehead atoms. The Bertz CT molecular complexity index is 398. The first-order valence-electron chi connectivity index (χ1n) is 4.23. The summed E-state index contributed by atoms with van der Waals surface area (Å²) in [5.41, 5.74) is 9.13. The zero-order valence-corrected chi connectivity index (χ0v) is 10.1. The quantitative estimate of drug-likeness (QED) is 0.363. The van der Waals surface area contributed by atoms with Crippen molar-refractivity contribution >= 4 is 39.5 Å². The number of rotatable bonds is 4. The highest BCUT2D eigenvalue weighted by molar-refractivity contribution is 9.09. The Morgan fingerprint density at radius 2 is 2.13 bits per heavy atom.